The molecule has 0 saturated carbocycles. The van der Waals surface area contributed by atoms with Gasteiger partial charge in [0.1, 0.15) is 31.3 Å². The predicted molar refractivity (Wildman–Crippen MR) is 302 cm³/mol. The summed E-state index contributed by atoms with van der Waals surface area (Å²) in [7, 11) is 1.66. The number of nitrogens with one attached hydrogen (secondary N) is 4. The van der Waals surface area contributed by atoms with Crippen LogP contribution in [0.2, 0.25) is 0 Å². The molecule has 5 aromatic carbocycles. The van der Waals surface area contributed by atoms with E-state index in [0.717, 1.165) is 56.5 Å². The van der Waals surface area contributed by atoms with Crippen LogP contribution in [-0.4, -0.2) is 101 Å². The summed E-state index contributed by atoms with van der Waals surface area (Å²) in [6.07, 6.45) is 3.24. The molecule has 5 atom stereocenters. The van der Waals surface area contributed by atoms with Crippen molar-refractivity contribution in [3.63, 3.8) is 0 Å². The van der Waals surface area contributed by atoms with Gasteiger partial charge in [0.15, 0.2) is 0 Å². The van der Waals surface area contributed by atoms with Gasteiger partial charge in [-0.3, -0.25) is 48.1 Å². The van der Waals surface area contributed by atoms with Crippen LogP contribution in [0.15, 0.2) is 114 Å². The highest BCUT2D eigenvalue weighted by Crippen LogP contribution is 2.45. The van der Waals surface area contributed by atoms with E-state index in [1.807, 2.05) is 104 Å². The number of benzene rings is 5. The zero-order valence-electron chi connectivity index (χ0n) is 45.6. The second-order valence-electron chi connectivity index (χ2n) is 21.5. The molecule has 1 aliphatic carbocycles. The number of hydrogen-bond acceptors (Lipinski definition) is 11. The van der Waals surface area contributed by atoms with E-state index in [0.29, 0.717) is 62.0 Å². The highest BCUT2D eigenvalue weighted by molar-refractivity contribution is 6.08. The Hall–Kier alpha value is -8.42. The van der Waals surface area contributed by atoms with Gasteiger partial charge in [-0.2, -0.15) is 0 Å². The fourth-order valence-corrected chi connectivity index (χ4v) is 11.8. The summed E-state index contributed by atoms with van der Waals surface area (Å²) in [6, 6.07) is 32.3. The van der Waals surface area contributed by atoms with Gasteiger partial charge in [0.2, 0.25) is 35.4 Å². The highest BCUT2D eigenvalue weighted by Gasteiger charge is 2.45. The Morgan fingerprint density at radius 1 is 0.790 bits per heavy atom. The molecule has 3 aliphatic heterocycles. The lowest BCUT2D eigenvalue weighted by Crippen LogP contribution is -2.56. The zero-order chi connectivity index (χ0) is 56.7. The molecular weight excluding hydrogens is 1030 g/mol. The number of carbonyl (C=O) groups is 7. The van der Waals surface area contributed by atoms with E-state index in [1.165, 1.54) is 14.0 Å². The second kappa shape index (κ2) is 24.9. The van der Waals surface area contributed by atoms with E-state index < -0.39 is 60.0 Å². The quantitative estimate of drug-likeness (QED) is 0.0397. The van der Waals surface area contributed by atoms with E-state index in [9.17, 15) is 38.4 Å². The first kappa shape index (κ1) is 55.9. The third kappa shape index (κ3) is 12.5. The van der Waals surface area contributed by atoms with Crippen LogP contribution in [0.4, 0.5) is 10.5 Å². The molecule has 81 heavy (non-hydrogen) atoms. The number of imidazole rings is 1. The number of primary amides is 1. The van der Waals surface area contributed by atoms with E-state index in [-0.39, 0.29) is 75.3 Å². The van der Waals surface area contributed by atoms with Gasteiger partial charge in [-0.15, -0.1) is 0 Å². The van der Waals surface area contributed by atoms with Crippen molar-refractivity contribution in [1.29, 1.82) is 0 Å². The predicted octanol–water partition coefficient (Wildman–Crippen LogP) is 5.48. The SMILES string of the molecule is C[C@@H](OCc1ccc(CCCNC(=O)COCCCc2ccc3c(c2)n(C)c(=O)n3C2CCC(=O)NC2=O)cc1)[C@H](CCC(N)=O)NC(=O)[C@@H]1Cc2cccc3c2N1C(=O)[C@@H](NC(=O)OCC1c2ccccc2-c2ccccc21)CC3. The van der Waals surface area contributed by atoms with Gasteiger partial charge in [-0.05, 0) is 120 Å². The molecule has 4 heterocycles. The van der Waals surface area contributed by atoms with Crippen LogP contribution in [0.5, 0.6) is 0 Å². The Morgan fingerprint density at radius 3 is 2.23 bits per heavy atom. The van der Waals surface area contributed by atoms with E-state index in [1.54, 1.807) is 7.05 Å². The van der Waals surface area contributed by atoms with Crippen molar-refractivity contribution in [3.05, 3.63) is 159 Å². The van der Waals surface area contributed by atoms with E-state index in [4.69, 9.17) is 19.9 Å². The molecule has 7 amide bonds. The second-order valence-corrected chi connectivity index (χ2v) is 21.5. The minimum absolute atomic E-state index is 0.00293. The molecule has 0 bridgehead atoms. The first-order chi connectivity index (χ1) is 39.2. The molecule has 6 aromatic rings. The Kier molecular flexibility index (Phi) is 17.2. The zero-order valence-corrected chi connectivity index (χ0v) is 45.6. The normalized spacial score (nSPS) is 18.1. The van der Waals surface area contributed by atoms with Gasteiger partial charge in [0.05, 0.1) is 35.5 Å². The number of nitrogens with two attached hydrogens (primary N) is 1. The first-order valence-corrected chi connectivity index (χ1v) is 27.9. The van der Waals surface area contributed by atoms with E-state index >= 15 is 0 Å². The third-order valence-electron chi connectivity index (χ3n) is 16.1. The summed E-state index contributed by atoms with van der Waals surface area (Å²) in [5.74, 6) is -2.51. The Bertz CT molecular complexity index is 3400. The summed E-state index contributed by atoms with van der Waals surface area (Å²) in [6.45, 7) is 2.91. The first-order valence-electron chi connectivity index (χ1n) is 27.9. The minimum Gasteiger partial charge on any atom is -0.449 e. The molecular formula is C62H68N8O11. The fraction of sp³-hybridized carbons (Fsp3) is 0.387. The van der Waals surface area contributed by atoms with Crippen molar-refractivity contribution in [2.45, 2.75) is 120 Å². The van der Waals surface area contributed by atoms with Crippen LogP contribution < -0.4 is 37.6 Å². The summed E-state index contributed by atoms with van der Waals surface area (Å²) in [4.78, 5) is 106. The van der Waals surface area contributed by atoms with Gasteiger partial charge < -0.3 is 35.9 Å². The number of hydrogen-bond donors (Lipinski definition) is 5. The lowest BCUT2D eigenvalue weighted by atomic mass is 9.98. The van der Waals surface area contributed by atoms with Gasteiger partial charge in [0, 0.05) is 45.4 Å². The lowest BCUT2D eigenvalue weighted by Gasteiger charge is -2.31. The van der Waals surface area contributed by atoms with Gasteiger partial charge in [-0.25, -0.2) is 9.59 Å². The number of aromatic nitrogens is 2. The van der Waals surface area contributed by atoms with E-state index in [2.05, 4.69) is 33.4 Å². The molecule has 1 aromatic heterocycles. The molecule has 6 N–H and O–H groups in total. The van der Waals surface area contributed by atoms with Crippen molar-refractivity contribution < 1.29 is 47.8 Å². The van der Waals surface area contributed by atoms with Crippen LogP contribution in [0, 0.1) is 0 Å². The molecule has 1 unspecified atom stereocenters. The number of rotatable bonds is 23. The molecule has 0 radical (unpaired) electrons. The molecule has 19 nitrogen and oxygen atoms in total. The van der Waals surface area contributed by atoms with Crippen LogP contribution in [0.25, 0.3) is 22.2 Å². The number of ether oxygens (including phenoxy) is 3. The Balaban J connectivity index is 0.659. The number of amides is 7. The lowest BCUT2D eigenvalue weighted by molar-refractivity contribution is -0.136. The highest BCUT2D eigenvalue weighted by atomic mass is 16.5. The number of aryl methyl sites for hydroxylation is 4. The molecule has 19 heteroatoms. The molecule has 0 spiro atoms. The number of imide groups is 1. The number of piperidine rings is 1. The van der Waals surface area contributed by atoms with Gasteiger partial charge in [-0.1, -0.05) is 97.1 Å². The van der Waals surface area contributed by atoms with Crippen molar-refractivity contribution in [3.8, 4) is 11.1 Å². The summed E-state index contributed by atoms with van der Waals surface area (Å²) in [5.41, 5.74) is 16.4. The van der Waals surface area contributed by atoms with Crippen LogP contribution in [0.3, 0.4) is 0 Å². The van der Waals surface area contributed by atoms with Gasteiger partial charge in [0.25, 0.3) is 0 Å². The smallest absolute Gasteiger partial charge is 0.407 e. The molecule has 10 rings (SSSR count). The Morgan fingerprint density at radius 2 is 1.49 bits per heavy atom. The van der Waals surface area contributed by atoms with Crippen LogP contribution in [0.1, 0.15) is 103 Å². The van der Waals surface area contributed by atoms with Gasteiger partial charge >= 0.3 is 11.8 Å². The largest absolute Gasteiger partial charge is 0.449 e. The maximum atomic E-state index is 14.5. The minimum atomic E-state index is -0.947. The summed E-state index contributed by atoms with van der Waals surface area (Å²) < 4.78 is 20.8. The summed E-state index contributed by atoms with van der Waals surface area (Å²) in [5, 5.41) is 11.2. The molecule has 1 fully saturated rings. The fourth-order valence-electron chi connectivity index (χ4n) is 11.8. The topological polar surface area (TPSA) is 251 Å². The molecule has 1 saturated heterocycles. The maximum Gasteiger partial charge on any atom is 0.407 e. The number of fused-ring (bicyclic) bond motifs is 4. The molecule has 422 valence electrons. The Labute approximate surface area is 468 Å². The average molecular weight is 1100 g/mol. The van der Waals surface area contributed by atoms with Crippen LogP contribution in [-0.2, 0) is 82.3 Å². The standard InChI is InChI=1S/C62H68N8O11/c1-37(80-34-40-20-18-38(19-21-40)10-8-30-64-56(73)36-79-31-9-11-39-22-26-50-52(32-39)68(2)62(78)69(50)51-27-29-55(72)67-58(51)74)48(25-28-54(63)71)65-59(75)53-33-42-13-7-12-41-23-24-49(60(76)70(53)57(41)42)66-61(77)81-35-47-45-16-5-3-14-43(45)44-15-4-6-17-46(44)47/h3-7,12-22,26,32,37,47-49,51,53H,8-11,23-25,27-31,33-36H2,1-2H3,(H2,63,71)(H,64,73)(H,65,75)(H,66,77)(H,67,72,74)/t37-,48+,49+,51?,53+/m1/s1. The number of nitrogens with zero attached hydrogens (tertiary/aromatic N) is 3. The number of alkyl carbamates (subject to hydrolysis) is 1. The van der Waals surface area contributed by atoms with Crippen molar-refractivity contribution in [2.75, 3.05) is 31.3 Å². The number of para-hydroxylation sites is 1. The van der Waals surface area contributed by atoms with Crippen LogP contribution >= 0.6 is 0 Å². The number of anilines is 1. The monoisotopic (exact) mass is 1100 g/mol. The van der Waals surface area contributed by atoms with Crippen molar-refractivity contribution >= 4 is 58.3 Å². The average Bonchev–Trinajstić information content (AvgIpc) is 4.09. The third-order valence-corrected chi connectivity index (χ3v) is 16.1. The van der Waals surface area contributed by atoms with Crippen molar-refractivity contribution in [1.82, 2.24) is 30.4 Å². The maximum absolute atomic E-state index is 14.5. The van der Waals surface area contributed by atoms with Crippen molar-refractivity contribution in [2.24, 2.45) is 12.8 Å². The number of carbonyl (C=O) groups excluding carboxylic acids is 7. The summed E-state index contributed by atoms with van der Waals surface area (Å²) >= 11 is 0. The molecule has 4 aliphatic rings.